The molecule has 0 bridgehead atoms. The fourth-order valence-electron chi connectivity index (χ4n) is 3.72. The molecular formula is C22H20F3N7O7. The molecule has 0 radical (unpaired) electrons. The molecule has 3 atom stereocenters. The van der Waals surface area contributed by atoms with Gasteiger partial charge < -0.3 is 30.7 Å². The van der Waals surface area contributed by atoms with Gasteiger partial charge in [-0.1, -0.05) is 11.8 Å². The number of hydrogen-bond donors (Lipinski definition) is 4. The maximum absolute atomic E-state index is 12.2. The summed E-state index contributed by atoms with van der Waals surface area (Å²) >= 11 is 0. The first-order valence-corrected chi connectivity index (χ1v) is 11.2. The van der Waals surface area contributed by atoms with E-state index < -0.39 is 42.0 Å². The number of benzene rings is 1. The van der Waals surface area contributed by atoms with Gasteiger partial charge in [-0.3, -0.25) is 19.5 Å². The first kappa shape index (κ1) is 27.5. The van der Waals surface area contributed by atoms with Crippen molar-refractivity contribution >= 4 is 28.7 Å². The van der Waals surface area contributed by atoms with Gasteiger partial charge in [-0.2, -0.15) is 23.1 Å². The largest absolute Gasteiger partial charge is 0.471 e. The molecule has 39 heavy (non-hydrogen) atoms. The molecule has 0 aliphatic carbocycles. The number of aliphatic hydroxyl groups is 2. The van der Waals surface area contributed by atoms with Gasteiger partial charge in [0.15, 0.2) is 11.2 Å². The number of carbonyl (C=O) groups excluding carboxylic acids is 1. The van der Waals surface area contributed by atoms with Crippen LogP contribution in [0.4, 0.5) is 24.8 Å². The lowest BCUT2D eigenvalue weighted by molar-refractivity contribution is -0.385. The van der Waals surface area contributed by atoms with Gasteiger partial charge >= 0.3 is 12.1 Å². The summed E-state index contributed by atoms with van der Waals surface area (Å²) in [6, 6.07) is 3.85. The van der Waals surface area contributed by atoms with Crippen molar-refractivity contribution in [3.8, 4) is 17.7 Å². The molecule has 0 unspecified atom stereocenters. The lowest BCUT2D eigenvalue weighted by atomic mass is 10.1. The number of carbonyl (C=O) groups is 1. The Balaban J connectivity index is 1.51. The number of nitrogen functional groups attached to an aromatic ring is 1. The molecule has 1 aliphatic rings. The second-order valence-electron chi connectivity index (χ2n) is 8.20. The highest BCUT2D eigenvalue weighted by Gasteiger charge is 2.38. The van der Waals surface area contributed by atoms with Crippen molar-refractivity contribution in [3.63, 3.8) is 0 Å². The molecule has 1 aliphatic heterocycles. The van der Waals surface area contributed by atoms with E-state index in [2.05, 4.69) is 26.8 Å². The number of aromatic nitrogens is 4. The van der Waals surface area contributed by atoms with Gasteiger partial charge in [0, 0.05) is 18.1 Å². The lowest BCUT2D eigenvalue weighted by Crippen LogP contribution is -2.36. The molecule has 2 aromatic heterocycles. The lowest BCUT2D eigenvalue weighted by Gasteiger charge is -2.14. The molecule has 17 heteroatoms. The molecule has 206 valence electrons. The van der Waals surface area contributed by atoms with Crippen LogP contribution in [0, 0.1) is 22.0 Å². The number of amides is 1. The monoisotopic (exact) mass is 551 g/mol. The molecule has 0 saturated carbocycles. The van der Waals surface area contributed by atoms with Crippen molar-refractivity contribution in [1.29, 1.82) is 0 Å². The summed E-state index contributed by atoms with van der Waals surface area (Å²) in [5.74, 6) is 2.33. The minimum absolute atomic E-state index is 0.0768. The molecule has 1 aromatic carbocycles. The van der Waals surface area contributed by atoms with Crippen LogP contribution in [0.1, 0.15) is 23.8 Å². The second-order valence-corrected chi connectivity index (χ2v) is 8.20. The SMILES string of the molecule is Nc1nc(OCc2ccc(C#CCNC(=O)C(F)(F)F)cc2[N+](=O)[O-])c2ncn([C@H]3C[C@@H](O)[C@@H](CO)O3)c2n1. The maximum atomic E-state index is 12.2. The van der Waals surface area contributed by atoms with Crippen LogP contribution in [0.2, 0.25) is 0 Å². The molecule has 3 heterocycles. The van der Waals surface area contributed by atoms with Crippen LogP contribution >= 0.6 is 0 Å². The van der Waals surface area contributed by atoms with Crippen molar-refractivity contribution in [1.82, 2.24) is 24.8 Å². The topological polar surface area (TPSA) is 201 Å². The number of rotatable bonds is 7. The van der Waals surface area contributed by atoms with Crippen LogP contribution in [0.5, 0.6) is 5.88 Å². The fraction of sp³-hybridized carbons (Fsp3) is 0.364. The van der Waals surface area contributed by atoms with E-state index in [1.807, 2.05) is 0 Å². The third-order valence-electron chi connectivity index (χ3n) is 5.58. The predicted octanol–water partition coefficient (Wildman–Crippen LogP) is 0.566. The Morgan fingerprint density at radius 3 is 2.82 bits per heavy atom. The van der Waals surface area contributed by atoms with Crippen molar-refractivity contribution in [2.45, 2.75) is 37.6 Å². The zero-order valence-electron chi connectivity index (χ0n) is 19.8. The van der Waals surface area contributed by atoms with Crippen LogP contribution in [0.25, 0.3) is 11.2 Å². The Bertz CT molecular complexity index is 1470. The summed E-state index contributed by atoms with van der Waals surface area (Å²) in [6.45, 7) is -1.33. The predicted molar refractivity (Wildman–Crippen MR) is 125 cm³/mol. The van der Waals surface area contributed by atoms with Crippen LogP contribution < -0.4 is 15.8 Å². The Labute approximate surface area is 216 Å². The quantitative estimate of drug-likeness (QED) is 0.182. The number of ether oxygens (including phenoxy) is 2. The van der Waals surface area contributed by atoms with E-state index in [4.69, 9.17) is 15.2 Å². The molecule has 3 aromatic rings. The molecular weight excluding hydrogens is 531 g/mol. The smallest absolute Gasteiger partial charge is 0.471 e. The molecule has 5 N–H and O–H groups in total. The minimum Gasteiger partial charge on any atom is -0.471 e. The fourth-order valence-corrected chi connectivity index (χ4v) is 3.72. The van der Waals surface area contributed by atoms with Gasteiger partial charge in [0.25, 0.3) is 5.69 Å². The Morgan fingerprint density at radius 1 is 1.38 bits per heavy atom. The summed E-state index contributed by atoms with van der Waals surface area (Å²) in [5, 5.41) is 32.5. The van der Waals surface area contributed by atoms with Crippen LogP contribution in [0.15, 0.2) is 24.5 Å². The van der Waals surface area contributed by atoms with Crippen molar-refractivity contribution in [3.05, 3.63) is 45.8 Å². The molecule has 1 amide bonds. The summed E-state index contributed by atoms with van der Waals surface area (Å²) in [4.78, 5) is 34.1. The minimum atomic E-state index is -5.05. The number of halogens is 3. The van der Waals surface area contributed by atoms with Gasteiger partial charge in [-0.15, -0.1) is 0 Å². The first-order chi connectivity index (χ1) is 18.5. The standard InChI is InChI=1S/C22H20F3N7O7/c23-22(24,25)20(35)27-5-1-2-11-3-4-12(13(6-11)32(36)37)9-38-19-17-18(29-21(26)30-19)31(10-28-17)16-7-14(34)15(8-33)39-16/h3-4,6,10,14-16,33-34H,5,7-9H2,(H,27,35)(H2,26,29,30)/t14-,15-,16-/m1/s1. The number of nitro groups is 1. The number of hydrogen-bond acceptors (Lipinski definition) is 11. The molecule has 1 saturated heterocycles. The normalized spacial score (nSPS) is 18.9. The van der Waals surface area contributed by atoms with E-state index in [0.717, 1.165) is 6.07 Å². The number of nitrogens with one attached hydrogen (secondary N) is 1. The number of nitrogens with zero attached hydrogens (tertiary/aromatic N) is 5. The molecule has 4 rings (SSSR count). The Morgan fingerprint density at radius 2 is 2.15 bits per heavy atom. The highest BCUT2D eigenvalue weighted by molar-refractivity contribution is 5.81. The first-order valence-electron chi connectivity index (χ1n) is 11.2. The number of aliphatic hydroxyl groups excluding tert-OH is 2. The van der Waals surface area contributed by atoms with Crippen molar-refractivity contribution in [2.75, 3.05) is 18.9 Å². The van der Waals surface area contributed by atoms with E-state index in [-0.39, 0.29) is 59.4 Å². The summed E-state index contributed by atoms with van der Waals surface area (Å²) in [6.07, 6.45) is -5.90. The molecule has 1 fully saturated rings. The van der Waals surface area contributed by atoms with Crippen molar-refractivity contribution in [2.24, 2.45) is 0 Å². The van der Waals surface area contributed by atoms with E-state index in [1.54, 1.807) is 5.32 Å². The van der Waals surface area contributed by atoms with E-state index in [1.165, 1.54) is 23.0 Å². The van der Waals surface area contributed by atoms with Gasteiger partial charge in [-0.25, -0.2) is 4.98 Å². The van der Waals surface area contributed by atoms with Crippen molar-refractivity contribution < 1.29 is 42.6 Å². The summed E-state index contributed by atoms with van der Waals surface area (Å²) < 4.78 is 49.4. The second kappa shape index (κ2) is 11.1. The summed E-state index contributed by atoms with van der Waals surface area (Å²) in [7, 11) is 0. The van der Waals surface area contributed by atoms with Crippen LogP contribution in [-0.4, -0.2) is 72.1 Å². The van der Waals surface area contributed by atoms with E-state index in [9.17, 15) is 38.3 Å². The average Bonchev–Trinajstić information content (AvgIpc) is 3.47. The zero-order valence-corrected chi connectivity index (χ0v) is 19.8. The van der Waals surface area contributed by atoms with E-state index in [0.29, 0.717) is 0 Å². The Hall–Kier alpha value is -4.53. The van der Waals surface area contributed by atoms with Crippen LogP contribution in [-0.2, 0) is 16.1 Å². The van der Waals surface area contributed by atoms with Crippen LogP contribution in [0.3, 0.4) is 0 Å². The number of nitro benzene ring substituents is 1. The summed E-state index contributed by atoms with van der Waals surface area (Å²) in [5.41, 5.74) is 6.06. The van der Waals surface area contributed by atoms with Gasteiger partial charge in [0.1, 0.15) is 18.9 Å². The number of anilines is 1. The number of fused-ring (bicyclic) bond motifs is 1. The van der Waals surface area contributed by atoms with Gasteiger partial charge in [-0.05, 0) is 12.1 Å². The van der Waals surface area contributed by atoms with Gasteiger partial charge in [0.2, 0.25) is 11.8 Å². The third kappa shape index (κ3) is 6.14. The molecule has 0 spiro atoms. The maximum Gasteiger partial charge on any atom is 0.471 e. The Kier molecular flexibility index (Phi) is 7.80. The number of alkyl halides is 3. The third-order valence-corrected chi connectivity index (χ3v) is 5.58. The zero-order chi connectivity index (χ0) is 28.3. The highest BCUT2D eigenvalue weighted by Crippen LogP contribution is 2.33. The van der Waals surface area contributed by atoms with Gasteiger partial charge in [0.05, 0.1) is 36.1 Å². The highest BCUT2D eigenvalue weighted by atomic mass is 19.4. The number of imidazole rings is 1. The average molecular weight is 551 g/mol. The molecule has 14 nitrogen and oxygen atoms in total. The van der Waals surface area contributed by atoms with E-state index >= 15 is 0 Å². The number of nitrogens with two attached hydrogens (primary N) is 1.